The third kappa shape index (κ3) is 3.81. The molecule has 0 aliphatic rings. The van der Waals surface area contributed by atoms with Crippen LogP contribution in [-0.2, 0) is 0 Å². The Labute approximate surface area is 117 Å². The first kappa shape index (κ1) is 17.6. The topological polar surface area (TPSA) is 29.5 Å². The summed E-state index contributed by atoms with van der Waals surface area (Å²) in [5.41, 5.74) is -4.05. The summed E-state index contributed by atoms with van der Waals surface area (Å²) in [6.45, 7) is 1.80. The van der Waals surface area contributed by atoms with E-state index in [2.05, 4.69) is 4.74 Å². The first-order valence-electron chi connectivity index (χ1n) is 5.97. The number of hydrogen-bond donors (Lipinski definition) is 1. The van der Waals surface area contributed by atoms with Crippen LogP contribution >= 0.6 is 0 Å². The van der Waals surface area contributed by atoms with Gasteiger partial charge in [0, 0.05) is 0 Å². The molecule has 0 saturated heterocycles. The number of ether oxygens (including phenoxy) is 1. The summed E-state index contributed by atoms with van der Waals surface area (Å²) < 4.78 is 79.0. The fourth-order valence-electron chi connectivity index (χ4n) is 1.46. The lowest BCUT2D eigenvalue weighted by Crippen LogP contribution is -2.60. The summed E-state index contributed by atoms with van der Waals surface area (Å²) in [5, 5.41) is 8.91. The molecular formula is C13H14F6O2. The molecule has 1 rings (SSSR count). The Kier molecular flexibility index (Phi) is 4.82. The van der Waals surface area contributed by atoms with Crippen LogP contribution in [-0.4, -0.2) is 29.7 Å². The van der Waals surface area contributed by atoms with E-state index >= 15 is 0 Å². The normalized spacial score (nSPS) is 13.6. The van der Waals surface area contributed by atoms with Gasteiger partial charge in [-0.3, -0.25) is 0 Å². The van der Waals surface area contributed by atoms with Crippen molar-refractivity contribution in [2.45, 2.75) is 37.7 Å². The van der Waals surface area contributed by atoms with Crippen LogP contribution in [0.3, 0.4) is 0 Å². The number of rotatable bonds is 4. The maximum atomic E-state index is 12.4. The molecule has 2 nitrogen and oxygen atoms in total. The van der Waals surface area contributed by atoms with Crippen molar-refractivity contribution in [3.8, 4) is 5.75 Å². The summed E-state index contributed by atoms with van der Waals surface area (Å²) in [6, 6.07) is 5.56. The third-order valence-corrected chi connectivity index (χ3v) is 2.93. The van der Waals surface area contributed by atoms with Gasteiger partial charge in [-0.05, 0) is 23.6 Å². The predicted octanol–water partition coefficient (Wildman–Crippen LogP) is 4.04. The molecule has 0 heterocycles. The number of halogens is 6. The second-order valence-electron chi connectivity index (χ2n) is 4.87. The summed E-state index contributed by atoms with van der Waals surface area (Å²) in [4.78, 5) is 0. The minimum Gasteiger partial charge on any atom is -0.490 e. The molecule has 8 heteroatoms. The molecule has 1 N–H and O–H groups in total. The van der Waals surface area contributed by atoms with E-state index in [9.17, 15) is 26.3 Å². The average Bonchev–Trinajstić information content (AvgIpc) is 2.33. The van der Waals surface area contributed by atoms with Gasteiger partial charge in [-0.2, -0.15) is 26.3 Å². The van der Waals surface area contributed by atoms with Crippen molar-refractivity contribution in [2.24, 2.45) is 0 Å². The van der Waals surface area contributed by atoms with E-state index in [1.807, 2.05) is 13.8 Å². The molecule has 0 unspecified atom stereocenters. The zero-order valence-corrected chi connectivity index (χ0v) is 11.2. The molecule has 1 aromatic rings. The fraction of sp³-hybridized carbons (Fsp3) is 0.538. The van der Waals surface area contributed by atoms with Crippen molar-refractivity contribution in [3.63, 3.8) is 0 Å². The summed E-state index contributed by atoms with van der Waals surface area (Å²) in [6.07, 6.45) is -11.8. The first-order valence-corrected chi connectivity index (χ1v) is 5.97. The minimum atomic E-state index is -5.89. The number of aliphatic hydroxyl groups is 1. The molecule has 0 fully saturated rings. The number of alkyl halides is 6. The van der Waals surface area contributed by atoms with E-state index < -0.39 is 24.6 Å². The highest BCUT2D eigenvalue weighted by atomic mass is 19.4. The van der Waals surface area contributed by atoms with Crippen molar-refractivity contribution in [3.05, 3.63) is 29.8 Å². The van der Waals surface area contributed by atoms with Gasteiger partial charge in [0.05, 0.1) is 0 Å². The second kappa shape index (κ2) is 5.75. The van der Waals surface area contributed by atoms with Crippen LogP contribution in [0.15, 0.2) is 24.3 Å². The molecule has 0 aliphatic carbocycles. The van der Waals surface area contributed by atoms with Gasteiger partial charge in [0.2, 0.25) is 0 Å². The van der Waals surface area contributed by atoms with Crippen LogP contribution < -0.4 is 4.74 Å². The van der Waals surface area contributed by atoms with Crippen LogP contribution in [0.5, 0.6) is 5.75 Å². The average molecular weight is 316 g/mol. The second-order valence-corrected chi connectivity index (χ2v) is 4.87. The Morgan fingerprint density at radius 3 is 1.71 bits per heavy atom. The van der Waals surface area contributed by atoms with E-state index in [1.165, 1.54) is 24.3 Å². The molecule has 0 amide bonds. The Morgan fingerprint density at radius 2 is 1.38 bits per heavy atom. The molecule has 0 aliphatic heterocycles. The maximum absolute atomic E-state index is 12.4. The standard InChI is InChI=1S/C13H14F6O2/c1-8(2)9-3-5-10(6-4-9)21-7-11(20,12(14,15)16)13(17,18)19/h3-6,8,20H,7H2,1-2H3. The van der Waals surface area contributed by atoms with Crippen LogP contribution in [0.4, 0.5) is 26.3 Å². The first-order chi connectivity index (χ1) is 9.38. The monoisotopic (exact) mass is 316 g/mol. The van der Waals surface area contributed by atoms with Crippen LogP contribution in [0, 0.1) is 0 Å². The van der Waals surface area contributed by atoms with E-state index in [4.69, 9.17) is 5.11 Å². The van der Waals surface area contributed by atoms with Crippen molar-refractivity contribution in [1.29, 1.82) is 0 Å². The fourth-order valence-corrected chi connectivity index (χ4v) is 1.46. The SMILES string of the molecule is CC(C)c1ccc(OCC(O)(C(F)(F)F)C(F)(F)F)cc1. The molecule has 0 aromatic heterocycles. The minimum absolute atomic E-state index is 0.154. The van der Waals surface area contributed by atoms with E-state index in [-0.39, 0.29) is 11.7 Å². The van der Waals surface area contributed by atoms with Crippen molar-refractivity contribution >= 4 is 0 Å². The van der Waals surface area contributed by atoms with Gasteiger partial charge in [-0.1, -0.05) is 26.0 Å². The van der Waals surface area contributed by atoms with Crippen molar-refractivity contribution in [2.75, 3.05) is 6.61 Å². The van der Waals surface area contributed by atoms with Crippen molar-refractivity contribution in [1.82, 2.24) is 0 Å². The van der Waals surface area contributed by atoms with Gasteiger partial charge in [0.25, 0.3) is 5.60 Å². The number of hydrogen-bond acceptors (Lipinski definition) is 2. The molecular weight excluding hydrogens is 302 g/mol. The van der Waals surface area contributed by atoms with Gasteiger partial charge in [0.15, 0.2) is 0 Å². The van der Waals surface area contributed by atoms with Crippen LogP contribution in [0.1, 0.15) is 25.3 Å². The van der Waals surface area contributed by atoms with Crippen LogP contribution in [0.2, 0.25) is 0 Å². The smallest absolute Gasteiger partial charge is 0.429 e. The highest BCUT2D eigenvalue weighted by Crippen LogP contribution is 2.43. The van der Waals surface area contributed by atoms with Crippen LogP contribution in [0.25, 0.3) is 0 Å². The summed E-state index contributed by atoms with van der Waals surface area (Å²) in [5.74, 6) is -0.0346. The largest absolute Gasteiger partial charge is 0.490 e. The molecule has 0 saturated carbocycles. The van der Waals surface area contributed by atoms with Gasteiger partial charge < -0.3 is 9.84 Å². The molecule has 0 radical (unpaired) electrons. The van der Waals surface area contributed by atoms with Gasteiger partial charge >= 0.3 is 12.4 Å². The van der Waals surface area contributed by atoms with Crippen molar-refractivity contribution < 1.29 is 36.2 Å². The molecule has 120 valence electrons. The quantitative estimate of drug-likeness (QED) is 0.849. The zero-order valence-electron chi connectivity index (χ0n) is 11.2. The van der Waals surface area contributed by atoms with E-state index in [0.29, 0.717) is 0 Å². The highest BCUT2D eigenvalue weighted by molar-refractivity contribution is 5.29. The lowest BCUT2D eigenvalue weighted by molar-refractivity contribution is -0.373. The molecule has 21 heavy (non-hydrogen) atoms. The van der Waals surface area contributed by atoms with E-state index in [1.54, 1.807) is 0 Å². The predicted molar refractivity (Wildman–Crippen MR) is 63.1 cm³/mol. The maximum Gasteiger partial charge on any atom is 0.429 e. The highest BCUT2D eigenvalue weighted by Gasteiger charge is 2.71. The lowest BCUT2D eigenvalue weighted by atomic mass is 10.0. The third-order valence-electron chi connectivity index (χ3n) is 2.93. The Morgan fingerprint density at radius 1 is 0.952 bits per heavy atom. The molecule has 0 bridgehead atoms. The lowest BCUT2D eigenvalue weighted by Gasteiger charge is -2.31. The van der Waals surface area contributed by atoms with E-state index in [0.717, 1.165) is 5.56 Å². The summed E-state index contributed by atoms with van der Waals surface area (Å²) >= 11 is 0. The molecule has 1 aromatic carbocycles. The Hall–Kier alpha value is -1.44. The zero-order chi connectivity index (χ0) is 16.5. The molecule has 0 atom stereocenters. The Balaban J connectivity index is 2.88. The Bertz CT molecular complexity index is 447. The van der Waals surface area contributed by atoms with Gasteiger partial charge in [-0.25, -0.2) is 0 Å². The molecule has 0 spiro atoms. The van der Waals surface area contributed by atoms with Gasteiger partial charge in [0.1, 0.15) is 12.4 Å². The summed E-state index contributed by atoms with van der Waals surface area (Å²) in [7, 11) is 0. The van der Waals surface area contributed by atoms with Gasteiger partial charge in [-0.15, -0.1) is 0 Å². The number of benzene rings is 1.